The number of amides is 2. The van der Waals surface area contributed by atoms with Crippen LogP contribution in [-0.4, -0.2) is 36.0 Å². The third kappa shape index (κ3) is 5.13. The Bertz CT molecular complexity index is 820. The Labute approximate surface area is 139 Å². The molecule has 1 heterocycles. The highest BCUT2D eigenvalue weighted by Crippen LogP contribution is 2.16. The summed E-state index contributed by atoms with van der Waals surface area (Å²) in [6, 6.07) is 7.36. The average Bonchev–Trinajstić information content (AvgIpc) is 2.54. The number of hydrogen-bond acceptors (Lipinski definition) is 6. The van der Waals surface area contributed by atoms with Gasteiger partial charge in [0.1, 0.15) is 0 Å². The lowest BCUT2D eigenvalue weighted by Crippen LogP contribution is -2.18. The molecule has 0 radical (unpaired) electrons. The second-order valence-electron chi connectivity index (χ2n) is 4.90. The number of rotatable bonds is 6. The summed E-state index contributed by atoms with van der Waals surface area (Å²) < 4.78 is 24.4. The lowest BCUT2D eigenvalue weighted by molar-refractivity contribution is -0.116. The van der Waals surface area contributed by atoms with E-state index in [2.05, 4.69) is 20.6 Å². The van der Waals surface area contributed by atoms with Gasteiger partial charge in [-0.3, -0.25) is 14.9 Å². The lowest BCUT2D eigenvalue weighted by Gasteiger charge is -2.07. The van der Waals surface area contributed by atoms with Crippen LogP contribution in [0.5, 0.6) is 0 Å². The number of hydrogen-bond donors (Lipinski definition) is 2. The van der Waals surface area contributed by atoms with Crippen molar-refractivity contribution in [2.24, 2.45) is 0 Å². The summed E-state index contributed by atoms with van der Waals surface area (Å²) in [5.74, 6) is -0.949. The van der Waals surface area contributed by atoms with Crippen LogP contribution in [0.3, 0.4) is 0 Å². The van der Waals surface area contributed by atoms with E-state index in [9.17, 15) is 18.0 Å². The molecule has 2 rings (SSSR count). The van der Waals surface area contributed by atoms with Crippen molar-refractivity contribution in [1.29, 1.82) is 0 Å². The van der Waals surface area contributed by atoms with Crippen molar-refractivity contribution in [3.63, 3.8) is 0 Å². The standard InChI is InChI=1S/C15H16N4O4S/c1-11(20)18-12-3-5-13(6-4-12)24(22,23)10-7-14(21)19-15-16-8-2-9-17-15/h2-6,8-9H,7,10H2,1H3,(H,18,20)(H,16,17,19,21). The first kappa shape index (κ1) is 17.5. The molecule has 8 nitrogen and oxygen atoms in total. The van der Waals surface area contributed by atoms with Gasteiger partial charge in [-0.2, -0.15) is 0 Å². The number of aromatic nitrogens is 2. The fourth-order valence-corrected chi connectivity index (χ4v) is 3.09. The Morgan fingerprint density at radius 1 is 1.04 bits per heavy atom. The molecule has 0 aliphatic heterocycles. The maximum atomic E-state index is 12.2. The third-order valence-electron chi connectivity index (χ3n) is 2.95. The molecular formula is C15H16N4O4S. The van der Waals surface area contributed by atoms with Gasteiger partial charge in [-0.25, -0.2) is 18.4 Å². The van der Waals surface area contributed by atoms with E-state index in [1.54, 1.807) is 6.07 Å². The molecule has 0 saturated heterocycles. The maximum absolute atomic E-state index is 12.2. The quantitative estimate of drug-likeness (QED) is 0.811. The van der Waals surface area contributed by atoms with Gasteiger partial charge < -0.3 is 5.32 Å². The van der Waals surface area contributed by atoms with Crippen LogP contribution in [0, 0.1) is 0 Å². The van der Waals surface area contributed by atoms with Crippen LogP contribution in [0.4, 0.5) is 11.6 Å². The van der Waals surface area contributed by atoms with Gasteiger partial charge in [0.05, 0.1) is 10.6 Å². The molecule has 2 aromatic rings. The van der Waals surface area contributed by atoms with E-state index >= 15 is 0 Å². The Kier molecular flexibility index (Phi) is 5.59. The molecule has 24 heavy (non-hydrogen) atoms. The van der Waals surface area contributed by atoms with Crippen LogP contribution in [0.15, 0.2) is 47.6 Å². The van der Waals surface area contributed by atoms with Gasteiger partial charge in [-0.05, 0) is 30.3 Å². The zero-order valence-corrected chi connectivity index (χ0v) is 13.7. The van der Waals surface area contributed by atoms with E-state index in [1.807, 2.05) is 0 Å². The second-order valence-corrected chi connectivity index (χ2v) is 7.00. The van der Waals surface area contributed by atoms with Gasteiger partial charge in [-0.1, -0.05) is 0 Å². The lowest BCUT2D eigenvalue weighted by atomic mass is 10.3. The van der Waals surface area contributed by atoms with Crippen molar-refractivity contribution in [3.8, 4) is 0 Å². The Balaban J connectivity index is 1.95. The van der Waals surface area contributed by atoms with E-state index in [0.29, 0.717) is 5.69 Å². The molecule has 0 atom stereocenters. The second kappa shape index (κ2) is 7.64. The zero-order valence-electron chi connectivity index (χ0n) is 12.9. The van der Waals surface area contributed by atoms with E-state index < -0.39 is 15.7 Å². The van der Waals surface area contributed by atoms with Crippen molar-refractivity contribution < 1.29 is 18.0 Å². The van der Waals surface area contributed by atoms with Crippen LogP contribution in [-0.2, 0) is 19.4 Å². The summed E-state index contributed by atoms with van der Waals surface area (Å²) >= 11 is 0. The first-order chi connectivity index (χ1) is 11.4. The number of benzene rings is 1. The van der Waals surface area contributed by atoms with Crippen LogP contribution in [0.2, 0.25) is 0 Å². The summed E-state index contributed by atoms with van der Waals surface area (Å²) in [6.07, 6.45) is 2.72. The predicted molar refractivity (Wildman–Crippen MR) is 88.1 cm³/mol. The molecule has 0 saturated carbocycles. The summed E-state index contributed by atoms with van der Waals surface area (Å²) in [7, 11) is -3.61. The highest BCUT2D eigenvalue weighted by atomic mass is 32.2. The fourth-order valence-electron chi connectivity index (χ4n) is 1.84. The van der Waals surface area contributed by atoms with Crippen LogP contribution in [0.25, 0.3) is 0 Å². The maximum Gasteiger partial charge on any atom is 0.229 e. The Hall–Kier alpha value is -2.81. The number of nitrogens with one attached hydrogen (secondary N) is 2. The fraction of sp³-hybridized carbons (Fsp3) is 0.200. The number of anilines is 2. The van der Waals surface area contributed by atoms with E-state index in [0.717, 1.165) is 0 Å². The Morgan fingerprint density at radius 2 is 1.67 bits per heavy atom. The highest BCUT2D eigenvalue weighted by Gasteiger charge is 2.17. The molecule has 1 aromatic carbocycles. The first-order valence-corrected chi connectivity index (χ1v) is 8.69. The molecule has 0 unspecified atom stereocenters. The van der Waals surface area contributed by atoms with Crippen LogP contribution in [0.1, 0.15) is 13.3 Å². The molecule has 0 bridgehead atoms. The van der Waals surface area contributed by atoms with Gasteiger partial charge in [0.2, 0.25) is 17.8 Å². The number of nitrogens with zero attached hydrogens (tertiary/aromatic N) is 2. The highest BCUT2D eigenvalue weighted by molar-refractivity contribution is 7.91. The van der Waals surface area contributed by atoms with E-state index in [-0.39, 0.29) is 28.9 Å². The average molecular weight is 348 g/mol. The first-order valence-electron chi connectivity index (χ1n) is 7.04. The van der Waals surface area contributed by atoms with Gasteiger partial charge in [-0.15, -0.1) is 0 Å². The Morgan fingerprint density at radius 3 is 2.25 bits per heavy atom. The summed E-state index contributed by atoms with van der Waals surface area (Å²) in [4.78, 5) is 30.4. The van der Waals surface area contributed by atoms with Gasteiger partial charge in [0.25, 0.3) is 0 Å². The predicted octanol–water partition coefficient (Wildman–Crippen LogP) is 1.24. The molecule has 0 spiro atoms. The minimum Gasteiger partial charge on any atom is -0.326 e. The van der Waals surface area contributed by atoms with Crippen LogP contribution < -0.4 is 10.6 Å². The smallest absolute Gasteiger partial charge is 0.229 e. The summed E-state index contributed by atoms with van der Waals surface area (Å²) in [5.41, 5.74) is 0.500. The third-order valence-corrected chi connectivity index (χ3v) is 4.68. The van der Waals surface area contributed by atoms with E-state index in [4.69, 9.17) is 0 Å². The molecule has 1 aromatic heterocycles. The van der Waals surface area contributed by atoms with Crippen molar-refractivity contribution in [3.05, 3.63) is 42.7 Å². The van der Waals surface area contributed by atoms with Gasteiger partial charge >= 0.3 is 0 Å². The minimum atomic E-state index is -3.61. The summed E-state index contributed by atoms with van der Waals surface area (Å²) in [6.45, 7) is 1.36. The SMILES string of the molecule is CC(=O)Nc1ccc(S(=O)(=O)CCC(=O)Nc2ncccn2)cc1. The number of sulfone groups is 1. The molecule has 0 aliphatic rings. The topological polar surface area (TPSA) is 118 Å². The van der Waals surface area contributed by atoms with Gasteiger partial charge in [0.15, 0.2) is 9.84 Å². The molecule has 126 valence electrons. The molecular weight excluding hydrogens is 332 g/mol. The zero-order chi connectivity index (χ0) is 17.6. The number of carbonyl (C=O) groups excluding carboxylic acids is 2. The largest absolute Gasteiger partial charge is 0.326 e. The van der Waals surface area contributed by atoms with Crippen molar-refractivity contribution in [2.45, 2.75) is 18.2 Å². The normalized spacial score (nSPS) is 10.9. The van der Waals surface area contributed by atoms with E-state index in [1.165, 1.54) is 43.6 Å². The van der Waals surface area contributed by atoms with Crippen molar-refractivity contribution >= 4 is 33.3 Å². The van der Waals surface area contributed by atoms with Crippen molar-refractivity contribution in [1.82, 2.24) is 9.97 Å². The molecule has 0 aliphatic carbocycles. The molecule has 2 amide bonds. The summed E-state index contributed by atoms with van der Waals surface area (Å²) in [5, 5.41) is 4.97. The molecule has 0 fully saturated rings. The molecule has 9 heteroatoms. The molecule has 2 N–H and O–H groups in total. The van der Waals surface area contributed by atoms with Crippen molar-refractivity contribution in [2.75, 3.05) is 16.4 Å². The number of carbonyl (C=O) groups is 2. The monoisotopic (exact) mass is 348 g/mol. The minimum absolute atomic E-state index is 0.0837. The van der Waals surface area contributed by atoms with Crippen LogP contribution >= 0.6 is 0 Å². The van der Waals surface area contributed by atoms with Gasteiger partial charge in [0, 0.05) is 31.4 Å².